The van der Waals surface area contributed by atoms with Gasteiger partial charge in [-0.15, -0.1) is 0 Å². The minimum absolute atomic E-state index is 0.0648. The summed E-state index contributed by atoms with van der Waals surface area (Å²) in [5.74, 6) is -0.949. The van der Waals surface area contributed by atoms with Gasteiger partial charge in [0.25, 0.3) is 5.91 Å². The zero-order chi connectivity index (χ0) is 17.9. The van der Waals surface area contributed by atoms with Crippen molar-refractivity contribution in [2.24, 2.45) is 0 Å². The molecular weight excluding hydrogens is 311 g/mol. The monoisotopic (exact) mass is 332 g/mol. The lowest BCUT2D eigenvalue weighted by atomic mass is 10.1. The third-order valence-corrected chi connectivity index (χ3v) is 3.20. The molecule has 0 fully saturated rings. The van der Waals surface area contributed by atoms with E-state index in [1.54, 1.807) is 23.7 Å². The Hall–Kier alpha value is -2.70. The molecular formula is C17H21FN4O2. The van der Waals surface area contributed by atoms with Gasteiger partial charge in [-0.05, 0) is 45.0 Å². The van der Waals surface area contributed by atoms with Crippen molar-refractivity contribution < 1.29 is 14.0 Å². The van der Waals surface area contributed by atoms with Crippen LogP contribution in [0.5, 0.6) is 0 Å². The highest BCUT2D eigenvalue weighted by molar-refractivity contribution is 5.95. The highest BCUT2D eigenvalue weighted by atomic mass is 19.1. The minimum atomic E-state index is -0.364. The molecule has 0 bridgehead atoms. The molecule has 0 radical (unpaired) electrons. The van der Waals surface area contributed by atoms with Crippen LogP contribution in [-0.2, 0) is 4.79 Å². The molecule has 24 heavy (non-hydrogen) atoms. The van der Waals surface area contributed by atoms with E-state index in [-0.39, 0.29) is 29.7 Å². The van der Waals surface area contributed by atoms with Crippen LogP contribution in [0.2, 0.25) is 0 Å². The molecule has 0 atom stereocenters. The van der Waals surface area contributed by atoms with Crippen molar-refractivity contribution in [3.63, 3.8) is 0 Å². The number of hydrogen-bond acceptors (Lipinski definition) is 3. The number of nitrogens with zero attached hydrogens (tertiary/aromatic N) is 3. The molecule has 2 amide bonds. The summed E-state index contributed by atoms with van der Waals surface area (Å²) >= 11 is 0. The van der Waals surface area contributed by atoms with Crippen LogP contribution in [0.1, 0.15) is 31.3 Å². The zero-order valence-corrected chi connectivity index (χ0v) is 14.2. The SMILES string of the molecule is CN(CC(=O)NC(C)(C)C)C(=O)c1cncn1-c1ccc(F)cc1. The van der Waals surface area contributed by atoms with Crippen LogP contribution in [0, 0.1) is 5.82 Å². The lowest BCUT2D eigenvalue weighted by Gasteiger charge is -2.23. The number of amides is 2. The van der Waals surface area contributed by atoms with Crippen molar-refractivity contribution in [3.8, 4) is 5.69 Å². The lowest BCUT2D eigenvalue weighted by molar-refractivity contribution is -0.122. The number of carbonyl (C=O) groups excluding carboxylic acids is 2. The van der Waals surface area contributed by atoms with Crippen LogP contribution in [0.15, 0.2) is 36.8 Å². The number of likely N-dealkylation sites (N-methyl/N-ethyl adjacent to an activating group) is 1. The average molecular weight is 332 g/mol. The van der Waals surface area contributed by atoms with Crippen LogP contribution < -0.4 is 5.32 Å². The highest BCUT2D eigenvalue weighted by Gasteiger charge is 2.21. The fourth-order valence-corrected chi connectivity index (χ4v) is 2.20. The van der Waals surface area contributed by atoms with Crippen LogP contribution >= 0.6 is 0 Å². The number of benzene rings is 1. The molecule has 1 aromatic carbocycles. The highest BCUT2D eigenvalue weighted by Crippen LogP contribution is 2.13. The Balaban J connectivity index is 2.14. The maximum absolute atomic E-state index is 13.0. The summed E-state index contributed by atoms with van der Waals surface area (Å²) in [7, 11) is 1.55. The predicted octanol–water partition coefficient (Wildman–Crippen LogP) is 2.00. The summed E-state index contributed by atoms with van der Waals surface area (Å²) < 4.78 is 14.6. The number of hydrogen-bond donors (Lipinski definition) is 1. The van der Waals surface area contributed by atoms with Gasteiger partial charge in [-0.2, -0.15) is 0 Å². The fraction of sp³-hybridized carbons (Fsp3) is 0.353. The van der Waals surface area contributed by atoms with Crippen molar-refractivity contribution in [3.05, 3.63) is 48.3 Å². The van der Waals surface area contributed by atoms with Crippen LogP contribution in [0.3, 0.4) is 0 Å². The lowest BCUT2D eigenvalue weighted by Crippen LogP contribution is -2.46. The number of imidazole rings is 1. The molecule has 0 aliphatic rings. The number of aromatic nitrogens is 2. The molecule has 0 saturated carbocycles. The molecule has 0 aliphatic carbocycles. The summed E-state index contributed by atoms with van der Waals surface area (Å²) in [6, 6.07) is 5.73. The predicted molar refractivity (Wildman–Crippen MR) is 88.4 cm³/mol. The molecule has 0 spiro atoms. The molecule has 1 aromatic heterocycles. The van der Waals surface area contributed by atoms with Gasteiger partial charge in [0.15, 0.2) is 0 Å². The summed E-state index contributed by atoms with van der Waals surface area (Å²) in [6.45, 7) is 5.55. The first-order valence-corrected chi connectivity index (χ1v) is 7.52. The molecule has 2 aromatic rings. The van der Waals surface area contributed by atoms with Crippen molar-refractivity contribution in [1.82, 2.24) is 19.8 Å². The van der Waals surface area contributed by atoms with Gasteiger partial charge < -0.3 is 10.2 Å². The van der Waals surface area contributed by atoms with E-state index in [1.807, 2.05) is 20.8 Å². The van der Waals surface area contributed by atoms with E-state index in [2.05, 4.69) is 10.3 Å². The Morgan fingerprint density at radius 2 is 1.88 bits per heavy atom. The first-order valence-electron chi connectivity index (χ1n) is 7.52. The second-order valence-electron chi connectivity index (χ2n) is 6.58. The largest absolute Gasteiger partial charge is 0.350 e. The molecule has 1 heterocycles. The van der Waals surface area contributed by atoms with E-state index in [0.717, 1.165) is 0 Å². The van der Waals surface area contributed by atoms with E-state index < -0.39 is 0 Å². The Morgan fingerprint density at radius 1 is 1.25 bits per heavy atom. The van der Waals surface area contributed by atoms with Gasteiger partial charge in [0, 0.05) is 18.3 Å². The smallest absolute Gasteiger partial charge is 0.272 e. The van der Waals surface area contributed by atoms with E-state index in [0.29, 0.717) is 11.4 Å². The normalized spacial score (nSPS) is 11.2. The quantitative estimate of drug-likeness (QED) is 0.931. The van der Waals surface area contributed by atoms with Gasteiger partial charge >= 0.3 is 0 Å². The van der Waals surface area contributed by atoms with E-state index >= 15 is 0 Å². The summed E-state index contributed by atoms with van der Waals surface area (Å²) in [5, 5.41) is 2.81. The van der Waals surface area contributed by atoms with Crippen molar-refractivity contribution in [1.29, 1.82) is 0 Å². The Morgan fingerprint density at radius 3 is 2.46 bits per heavy atom. The van der Waals surface area contributed by atoms with Gasteiger partial charge in [-0.3, -0.25) is 14.2 Å². The van der Waals surface area contributed by atoms with E-state index in [1.165, 1.54) is 29.6 Å². The number of carbonyl (C=O) groups is 2. The summed E-state index contributed by atoms with van der Waals surface area (Å²) in [4.78, 5) is 29.8. The third kappa shape index (κ3) is 4.41. The summed E-state index contributed by atoms with van der Waals surface area (Å²) in [6.07, 6.45) is 2.90. The molecule has 7 heteroatoms. The second kappa shape index (κ2) is 6.82. The number of halogens is 1. The van der Waals surface area contributed by atoms with Gasteiger partial charge in [0.05, 0.1) is 19.1 Å². The molecule has 2 rings (SSSR count). The second-order valence-corrected chi connectivity index (χ2v) is 6.58. The number of nitrogens with one attached hydrogen (secondary N) is 1. The van der Waals surface area contributed by atoms with E-state index in [4.69, 9.17) is 0 Å². The molecule has 0 saturated heterocycles. The minimum Gasteiger partial charge on any atom is -0.350 e. The molecule has 128 valence electrons. The van der Waals surface area contributed by atoms with Gasteiger partial charge in [-0.1, -0.05) is 0 Å². The van der Waals surface area contributed by atoms with E-state index in [9.17, 15) is 14.0 Å². The van der Waals surface area contributed by atoms with Gasteiger partial charge in [-0.25, -0.2) is 9.37 Å². The van der Waals surface area contributed by atoms with Gasteiger partial charge in [0.1, 0.15) is 11.5 Å². The Labute approximate surface area is 140 Å². The molecule has 6 nitrogen and oxygen atoms in total. The van der Waals surface area contributed by atoms with Crippen molar-refractivity contribution in [2.45, 2.75) is 26.3 Å². The van der Waals surface area contributed by atoms with Crippen molar-refractivity contribution >= 4 is 11.8 Å². The topological polar surface area (TPSA) is 67.2 Å². The maximum Gasteiger partial charge on any atom is 0.272 e. The Bertz CT molecular complexity index is 732. The van der Waals surface area contributed by atoms with Crippen LogP contribution in [0.25, 0.3) is 5.69 Å². The first-order chi connectivity index (χ1) is 11.2. The molecule has 0 unspecified atom stereocenters. The van der Waals surface area contributed by atoms with Crippen LogP contribution in [0.4, 0.5) is 4.39 Å². The average Bonchev–Trinajstić information content (AvgIpc) is 2.94. The first kappa shape index (κ1) is 17.7. The zero-order valence-electron chi connectivity index (χ0n) is 14.2. The maximum atomic E-state index is 13.0. The standard InChI is InChI=1S/C17H21FN4O2/c1-17(2,3)20-15(23)10-21(4)16(24)14-9-19-11-22(14)13-7-5-12(18)6-8-13/h5-9,11H,10H2,1-4H3,(H,20,23). The van der Waals surface area contributed by atoms with Crippen molar-refractivity contribution in [2.75, 3.05) is 13.6 Å². The fourth-order valence-electron chi connectivity index (χ4n) is 2.20. The van der Waals surface area contributed by atoms with Crippen LogP contribution in [-0.4, -0.2) is 45.4 Å². The summed E-state index contributed by atoms with van der Waals surface area (Å²) in [5.41, 5.74) is 0.550. The third-order valence-electron chi connectivity index (χ3n) is 3.20. The van der Waals surface area contributed by atoms with Gasteiger partial charge in [0.2, 0.25) is 5.91 Å². The Kier molecular flexibility index (Phi) is 5.02. The number of rotatable bonds is 4. The molecule has 1 N–H and O–H groups in total. The molecule has 0 aliphatic heterocycles.